The Kier molecular flexibility index (Phi) is 7.93. The monoisotopic (exact) mass is 454 g/mol. The molecule has 170 valence electrons. The third-order valence-electron chi connectivity index (χ3n) is 5.13. The summed E-state index contributed by atoms with van der Waals surface area (Å²) in [5.41, 5.74) is 3.94. The molecule has 3 rings (SSSR count). The minimum Gasteiger partial charge on any atom is -0.458 e. The molecule has 1 unspecified atom stereocenters. The minimum absolute atomic E-state index is 0.0648. The lowest BCUT2D eigenvalue weighted by Crippen LogP contribution is -2.38. The van der Waals surface area contributed by atoms with Gasteiger partial charge in [0, 0.05) is 18.8 Å². The van der Waals surface area contributed by atoms with Crippen LogP contribution in [0.5, 0.6) is 0 Å². The average Bonchev–Trinajstić information content (AvgIpc) is 3.12. The Morgan fingerprint density at radius 2 is 2.12 bits per heavy atom. The fourth-order valence-electron chi connectivity index (χ4n) is 3.64. The molecular formula is C24H30N4O3S. The van der Waals surface area contributed by atoms with Crippen LogP contribution < -0.4 is 5.32 Å². The van der Waals surface area contributed by atoms with Gasteiger partial charge in [-0.2, -0.15) is 0 Å². The molecule has 2 aliphatic heterocycles. The standard InChI is InChI=1S/C24H30N4O3S/c1-6-12-31-23(30)21-17(3)26-24-28(22(21)18-9-7-8-16(2)13-18)19(15-32-24)14-20(29)25-10-11-27(4)5/h6-9,13,15,22H,1,10-12,14H2,2-5H3,(H,25,29). The van der Waals surface area contributed by atoms with E-state index in [2.05, 4.69) is 23.0 Å². The minimum atomic E-state index is -0.427. The van der Waals surface area contributed by atoms with Crippen LogP contribution in [0.4, 0.5) is 0 Å². The van der Waals surface area contributed by atoms with Crippen molar-refractivity contribution >= 4 is 28.8 Å². The van der Waals surface area contributed by atoms with Crippen molar-refractivity contribution in [1.29, 1.82) is 0 Å². The summed E-state index contributed by atoms with van der Waals surface area (Å²) >= 11 is 1.47. The largest absolute Gasteiger partial charge is 0.458 e. The second-order valence-electron chi connectivity index (χ2n) is 8.02. The Morgan fingerprint density at radius 3 is 2.81 bits per heavy atom. The first-order chi connectivity index (χ1) is 15.3. The molecule has 0 saturated heterocycles. The first-order valence-corrected chi connectivity index (χ1v) is 11.4. The van der Waals surface area contributed by atoms with Crippen molar-refractivity contribution in [3.05, 3.63) is 70.4 Å². The highest BCUT2D eigenvalue weighted by Gasteiger charge is 2.41. The van der Waals surface area contributed by atoms with E-state index >= 15 is 0 Å². The summed E-state index contributed by atoms with van der Waals surface area (Å²) in [6, 6.07) is 7.61. The molecule has 1 aromatic carbocycles. The lowest BCUT2D eigenvalue weighted by atomic mass is 9.93. The number of fused-ring (bicyclic) bond motifs is 1. The molecule has 0 spiro atoms. The summed E-state index contributed by atoms with van der Waals surface area (Å²) in [4.78, 5) is 34.3. The number of nitrogens with zero attached hydrogens (tertiary/aromatic N) is 3. The van der Waals surface area contributed by atoms with Gasteiger partial charge in [-0.1, -0.05) is 54.2 Å². The molecule has 1 N–H and O–H groups in total. The van der Waals surface area contributed by atoms with Crippen molar-refractivity contribution in [2.45, 2.75) is 26.3 Å². The van der Waals surface area contributed by atoms with Gasteiger partial charge in [0.05, 0.1) is 23.7 Å². The normalized spacial score (nSPS) is 17.7. The van der Waals surface area contributed by atoms with Gasteiger partial charge in [-0.3, -0.25) is 4.79 Å². The van der Waals surface area contributed by atoms with Gasteiger partial charge in [0.25, 0.3) is 0 Å². The van der Waals surface area contributed by atoms with Crippen LogP contribution in [-0.4, -0.2) is 60.6 Å². The molecule has 2 aliphatic rings. The number of amidine groups is 1. The molecule has 1 aromatic rings. The van der Waals surface area contributed by atoms with Crippen molar-refractivity contribution < 1.29 is 14.3 Å². The Labute approximate surface area is 193 Å². The van der Waals surface area contributed by atoms with Crippen molar-refractivity contribution in [1.82, 2.24) is 15.1 Å². The van der Waals surface area contributed by atoms with Crippen molar-refractivity contribution in [2.75, 3.05) is 33.8 Å². The molecule has 0 saturated carbocycles. The van der Waals surface area contributed by atoms with Gasteiger partial charge in [0.15, 0.2) is 5.17 Å². The van der Waals surface area contributed by atoms with Gasteiger partial charge >= 0.3 is 5.97 Å². The molecule has 8 heteroatoms. The molecule has 0 aromatic heterocycles. The maximum Gasteiger partial charge on any atom is 0.338 e. The molecule has 1 atom stereocenters. The highest BCUT2D eigenvalue weighted by molar-refractivity contribution is 8.16. The van der Waals surface area contributed by atoms with Crippen LogP contribution >= 0.6 is 11.8 Å². The van der Waals surface area contributed by atoms with Crippen molar-refractivity contribution in [3.63, 3.8) is 0 Å². The predicted molar refractivity (Wildman–Crippen MR) is 129 cm³/mol. The molecule has 0 aliphatic carbocycles. The molecule has 0 radical (unpaired) electrons. The van der Waals surface area contributed by atoms with Gasteiger partial charge in [-0.25, -0.2) is 9.79 Å². The second kappa shape index (κ2) is 10.7. The van der Waals surface area contributed by atoms with E-state index in [0.717, 1.165) is 28.5 Å². The van der Waals surface area contributed by atoms with Crippen LogP contribution in [0.25, 0.3) is 0 Å². The van der Waals surface area contributed by atoms with E-state index in [1.165, 1.54) is 11.8 Å². The Balaban J connectivity index is 1.92. The lowest BCUT2D eigenvalue weighted by molar-refractivity contribution is -0.138. The lowest BCUT2D eigenvalue weighted by Gasteiger charge is -2.36. The van der Waals surface area contributed by atoms with Gasteiger partial charge in [-0.15, -0.1) is 0 Å². The molecule has 0 fully saturated rings. The molecule has 2 heterocycles. The first kappa shape index (κ1) is 23.8. The number of likely N-dealkylation sites (N-methyl/N-ethyl adjacent to an activating group) is 1. The van der Waals surface area contributed by atoms with Crippen molar-refractivity contribution in [2.24, 2.45) is 4.99 Å². The number of allylic oxidation sites excluding steroid dienone is 1. The number of hydrogen-bond acceptors (Lipinski definition) is 7. The van der Waals surface area contributed by atoms with E-state index in [4.69, 9.17) is 4.74 Å². The first-order valence-electron chi connectivity index (χ1n) is 10.5. The zero-order valence-corrected chi connectivity index (χ0v) is 19.9. The van der Waals surface area contributed by atoms with E-state index in [0.29, 0.717) is 17.8 Å². The number of benzene rings is 1. The fourth-order valence-corrected chi connectivity index (χ4v) is 4.61. The number of hydrogen-bond donors (Lipinski definition) is 1. The molecular weight excluding hydrogens is 424 g/mol. The van der Waals surface area contributed by atoms with Crippen LogP contribution in [0.1, 0.15) is 30.5 Å². The maximum atomic E-state index is 13.0. The fraction of sp³-hybridized carbons (Fsp3) is 0.375. The summed E-state index contributed by atoms with van der Waals surface area (Å²) in [6.07, 6.45) is 1.75. The van der Waals surface area contributed by atoms with Crippen LogP contribution in [0, 0.1) is 6.92 Å². The average molecular weight is 455 g/mol. The van der Waals surface area contributed by atoms with Crippen LogP contribution in [-0.2, 0) is 14.3 Å². The number of rotatable bonds is 9. The van der Waals surface area contributed by atoms with Crippen LogP contribution in [0.2, 0.25) is 0 Å². The maximum absolute atomic E-state index is 13.0. The number of aliphatic imine (C=N–C) groups is 1. The molecule has 1 amide bonds. The summed E-state index contributed by atoms with van der Waals surface area (Å²) in [7, 11) is 3.93. The Morgan fingerprint density at radius 1 is 1.34 bits per heavy atom. The smallest absolute Gasteiger partial charge is 0.338 e. The highest BCUT2D eigenvalue weighted by atomic mass is 32.2. The van der Waals surface area contributed by atoms with Crippen LogP contribution in [0.3, 0.4) is 0 Å². The van der Waals surface area contributed by atoms with Gasteiger partial charge < -0.3 is 19.9 Å². The van der Waals surface area contributed by atoms with Crippen molar-refractivity contribution in [3.8, 4) is 0 Å². The zero-order valence-electron chi connectivity index (χ0n) is 19.1. The summed E-state index contributed by atoms with van der Waals surface area (Å²) < 4.78 is 5.40. The van der Waals surface area contributed by atoms with Crippen LogP contribution in [0.15, 0.2) is 64.3 Å². The number of thioether (sulfide) groups is 1. The van der Waals surface area contributed by atoms with E-state index in [-0.39, 0.29) is 18.9 Å². The van der Waals surface area contributed by atoms with E-state index < -0.39 is 12.0 Å². The van der Waals surface area contributed by atoms with E-state index in [9.17, 15) is 9.59 Å². The van der Waals surface area contributed by atoms with Gasteiger partial charge in [0.1, 0.15) is 6.61 Å². The third-order valence-corrected chi connectivity index (χ3v) is 6.02. The quantitative estimate of drug-likeness (QED) is 0.456. The van der Waals surface area contributed by atoms with E-state index in [1.54, 1.807) is 6.08 Å². The number of amides is 1. The molecule has 7 nitrogen and oxygen atoms in total. The number of ether oxygens (including phenoxy) is 1. The predicted octanol–water partition coefficient (Wildman–Crippen LogP) is 3.37. The number of carbonyl (C=O) groups excluding carboxylic acids is 2. The number of aryl methyl sites for hydroxylation is 1. The highest BCUT2D eigenvalue weighted by Crippen LogP contribution is 2.44. The number of carbonyl (C=O) groups is 2. The Hall–Kier alpha value is -2.84. The SMILES string of the molecule is C=CCOC(=O)C1=C(C)N=C2SC=C(CC(=O)NCCN(C)C)N2C1c1cccc(C)c1. The second-order valence-corrected chi connectivity index (χ2v) is 8.86. The zero-order chi connectivity index (χ0) is 23.3. The molecule has 32 heavy (non-hydrogen) atoms. The summed E-state index contributed by atoms with van der Waals surface area (Å²) in [5, 5.41) is 5.66. The summed E-state index contributed by atoms with van der Waals surface area (Å²) in [6.45, 7) is 8.93. The number of nitrogens with one attached hydrogen (secondary N) is 1. The van der Waals surface area contributed by atoms with E-state index in [1.807, 2.05) is 61.3 Å². The summed E-state index contributed by atoms with van der Waals surface area (Å²) in [5.74, 6) is -0.492. The third kappa shape index (κ3) is 5.49. The Bertz CT molecular complexity index is 997. The van der Waals surface area contributed by atoms with Gasteiger partial charge in [0.2, 0.25) is 5.91 Å². The molecule has 0 bridgehead atoms. The van der Waals surface area contributed by atoms with Gasteiger partial charge in [-0.05, 0) is 38.9 Å². The number of esters is 1. The topological polar surface area (TPSA) is 74.2 Å².